The molecule has 0 saturated heterocycles. The van der Waals surface area contributed by atoms with Gasteiger partial charge in [0.2, 0.25) is 0 Å². The van der Waals surface area contributed by atoms with Gasteiger partial charge < -0.3 is 4.74 Å². The predicted octanol–water partition coefficient (Wildman–Crippen LogP) is 4.19. The van der Waals surface area contributed by atoms with Crippen molar-refractivity contribution in [1.29, 1.82) is 0 Å². The van der Waals surface area contributed by atoms with E-state index in [0.717, 1.165) is 17.3 Å². The number of nitrogens with zero attached hydrogens (tertiary/aromatic N) is 4. The summed E-state index contributed by atoms with van der Waals surface area (Å²) in [6, 6.07) is 14.6. The largest absolute Gasteiger partial charge is 0.497 e. The molecule has 0 N–H and O–H groups in total. The topological polar surface area (TPSA) is 69.9 Å². The standard InChI is InChI=1S/C18H13ClN4O2S2/c1-25-12-8-6-11(7-9-12)23-17(24)13-4-2-3-5-14(13)20-18(23)26-10-15-16(19)27-22-21-15/h2-9H,10H2,1H3. The van der Waals surface area contributed by atoms with Crippen molar-refractivity contribution < 1.29 is 4.74 Å². The summed E-state index contributed by atoms with van der Waals surface area (Å²) in [5, 5.41) is 5.15. The number of methoxy groups -OCH3 is 1. The van der Waals surface area contributed by atoms with Crippen molar-refractivity contribution in [2.45, 2.75) is 10.9 Å². The molecule has 2 heterocycles. The fourth-order valence-corrected chi connectivity index (χ4v) is 4.33. The fraction of sp³-hybridized carbons (Fsp3) is 0.111. The molecular formula is C18H13ClN4O2S2. The lowest BCUT2D eigenvalue weighted by Crippen LogP contribution is -2.21. The lowest BCUT2D eigenvalue weighted by molar-refractivity contribution is 0.414. The first-order valence-electron chi connectivity index (χ1n) is 7.93. The van der Waals surface area contributed by atoms with Crippen molar-refractivity contribution in [3.63, 3.8) is 0 Å². The van der Waals surface area contributed by atoms with E-state index in [2.05, 4.69) is 9.59 Å². The number of ether oxygens (including phenoxy) is 1. The van der Waals surface area contributed by atoms with Crippen LogP contribution in [-0.4, -0.2) is 26.2 Å². The van der Waals surface area contributed by atoms with Crippen LogP contribution in [0.4, 0.5) is 0 Å². The highest BCUT2D eigenvalue weighted by Gasteiger charge is 2.15. The van der Waals surface area contributed by atoms with Gasteiger partial charge in [-0.25, -0.2) is 4.98 Å². The molecule has 0 aliphatic carbocycles. The molecule has 4 rings (SSSR count). The summed E-state index contributed by atoms with van der Waals surface area (Å²) >= 11 is 8.63. The summed E-state index contributed by atoms with van der Waals surface area (Å²) in [5.74, 6) is 1.19. The number of rotatable bonds is 5. The molecule has 0 fully saturated rings. The average Bonchev–Trinajstić information content (AvgIpc) is 3.11. The lowest BCUT2D eigenvalue weighted by Gasteiger charge is -2.13. The second-order valence-electron chi connectivity index (χ2n) is 5.53. The van der Waals surface area contributed by atoms with Crippen LogP contribution in [0.2, 0.25) is 4.34 Å². The minimum atomic E-state index is -0.129. The third-order valence-electron chi connectivity index (χ3n) is 3.92. The Morgan fingerprint density at radius 2 is 1.96 bits per heavy atom. The van der Waals surface area contributed by atoms with E-state index in [9.17, 15) is 4.79 Å². The van der Waals surface area contributed by atoms with Gasteiger partial charge in [-0.3, -0.25) is 9.36 Å². The van der Waals surface area contributed by atoms with E-state index in [1.807, 2.05) is 42.5 Å². The van der Waals surface area contributed by atoms with Crippen LogP contribution < -0.4 is 10.3 Å². The minimum Gasteiger partial charge on any atom is -0.497 e. The molecule has 0 unspecified atom stereocenters. The van der Waals surface area contributed by atoms with Gasteiger partial charge in [-0.2, -0.15) is 0 Å². The third kappa shape index (κ3) is 3.55. The number of benzene rings is 2. The Morgan fingerprint density at radius 1 is 1.19 bits per heavy atom. The molecule has 2 aromatic carbocycles. The second-order valence-corrected chi connectivity index (χ2v) is 7.83. The molecule has 27 heavy (non-hydrogen) atoms. The van der Waals surface area contributed by atoms with Crippen LogP contribution in [0.15, 0.2) is 58.5 Å². The molecule has 0 aliphatic heterocycles. The lowest BCUT2D eigenvalue weighted by atomic mass is 10.2. The van der Waals surface area contributed by atoms with Gasteiger partial charge in [0, 0.05) is 17.3 Å². The molecule has 136 valence electrons. The first-order chi connectivity index (χ1) is 13.2. The summed E-state index contributed by atoms with van der Waals surface area (Å²) < 4.78 is 11.2. The molecule has 0 bridgehead atoms. The van der Waals surface area contributed by atoms with Crippen LogP contribution in [0.25, 0.3) is 16.6 Å². The molecule has 0 radical (unpaired) electrons. The van der Waals surface area contributed by atoms with Gasteiger partial charge in [0.15, 0.2) is 5.16 Å². The second kappa shape index (κ2) is 7.67. The van der Waals surface area contributed by atoms with Gasteiger partial charge in [-0.1, -0.05) is 40.0 Å². The quantitative estimate of drug-likeness (QED) is 0.359. The van der Waals surface area contributed by atoms with Crippen LogP contribution in [0, 0.1) is 0 Å². The number of halogens is 1. The number of hydrogen-bond donors (Lipinski definition) is 0. The molecule has 9 heteroatoms. The van der Waals surface area contributed by atoms with E-state index in [4.69, 9.17) is 21.3 Å². The van der Waals surface area contributed by atoms with Crippen molar-refractivity contribution in [3.05, 3.63) is 68.9 Å². The summed E-state index contributed by atoms with van der Waals surface area (Å²) in [7, 11) is 1.60. The average molecular weight is 417 g/mol. The molecule has 0 atom stereocenters. The predicted molar refractivity (Wildman–Crippen MR) is 108 cm³/mol. The zero-order valence-corrected chi connectivity index (χ0v) is 16.5. The van der Waals surface area contributed by atoms with Gasteiger partial charge >= 0.3 is 0 Å². The Hall–Kier alpha value is -2.42. The SMILES string of the molecule is COc1ccc(-n2c(SCc3nnsc3Cl)nc3ccccc3c2=O)cc1. The van der Waals surface area contributed by atoms with Gasteiger partial charge in [0.25, 0.3) is 5.56 Å². The zero-order chi connectivity index (χ0) is 18.8. The number of fused-ring (bicyclic) bond motifs is 1. The van der Waals surface area contributed by atoms with E-state index < -0.39 is 0 Å². The Kier molecular flexibility index (Phi) is 5.11. The summed E-state index contributed by atoms with van der Waals surface area (Å²) in [6.45, 7) is 0. The monoisotopic (exact) mass is 416 g/mol. The van der Waals surface area contributed by atoms with Crippen molar-refractivity contribution in [2.24, 2.45) is 0 Å². The highest BCUT2D eigenvalue weighted by atomic mass is 35.5. The summed E-state index contributed by atoms with van der Waals surface area (Å²) in [4.78, 5) is 17.8. The van der Waals surface area contributed by atoms with E-state index in [1.165, 1.54) is 11.8 Å². The molecule has 6 nitrogen and oxygen atoms in total. The molecule has 0 saturated carbocycles. The van der Waals surface area contributed by atoms with Crippen LogP contribution in [0.5, 0.6) is 5.75 Å². The summed E-state index contributed by atoms with van der Waals surface area (Å²) in [6.07, 6.45) is 0. The smallest absolute Gasteiger partial charge is 0.266 e. The number of para-hydroxylation sites is 1. The molecular weight excluding hydrogens is 404 g/mol. The van der Waals surface area contributed by atoms with Crippen molar-refractivity contribution in [2.75, 3.05) is 7.11 Å². The first-order valence-corrected chi connectivity index (χ1v) is 10.1. The highest BCUT2D eigenvalue weighted by molar-refractivity contribution is 7.98. The van der Waals surface area contributed by atoms with Crippen molar-refractivity contribution in [1.82, 2.24) is 19.1 Å². The number of hydrogen-bond acceptors (Lipinski definition) is 7. The van der Waals surface area contributed by atoms with Gasteiger partial charge in [0.1, 0.15) is 15.8 Å². The number of aromatic nitrogens is 4. The van der Waals surface area contributed by atoms with Gasteiger partial charge in [0.05, 0.1) is 23.7 Å². The van der Waals surface area contributed by atoms with Crippen molar-refractivity contribution >= 4 is 45.8 Å². The Labute approximate surface area is 167 Å². The zero-order valence-electron chi connectivity index (χ0n) is 14.1. The van der Waals surface area contributed by atoms with E-state index >= 15 is 0 Å². The van der Waals surface area contributed by atoms with Crippen molar-refractivity contribution in [3.8, 4) is 11.4 Å². The highest BCUT2D eigenvalue weighted by Crippen LogP contribution is 2.28. The third-order valence-corrected chi connectivity index (χ3v) is 5.86. The van der Waals surface area contributed by atoms with Crippen LogP contribution in [0.1, 0.15) is 5.69 Å². The first kappa shape index (κ1) is 18.0. The molecule has 0 aliphatic rings. The van der Waals surface area contributed by atoms with E-state index in [0.29, 0.717) is 37.5 Å². The molecule has 4 aromatic rings. The van der Waals surface area contributed by atoms with Crippen LogP contribution in [-0.2, 0) is 5.75 Å². The van der Waals surface area contributed by atoms with E-state index in [1.54, 1.807) is 17.7 Å². The van der Waals surface area contributed by atoms with E-state index in [-0.39, 0.29) is 5.56 Å². The molecule has 0 spiro atoms. The Bertz CT molecular complexity index is 1160. The van der Waals surface area contributed by atoms with Gasteiger partial charge in [-0.15, -0.1) is 5.10 Å². The van der Waals surface area contributed by atoms with Crippen LogP contribution in [0.3, 0.4) is 0 Å². The van der Waals surface area contributed by atoms with Crippen LogP contribution >= 0.6 is 34.9 Å². The fourth-order valence-electron chi connectivity index (χ4n) is 2.58. The van der Waals surface area contributed by atoms with Gasteiger partial charge in [-0.05, 0) is 36.4 Å². The number of thioether (sulfide) groups is 1. The maximum absolute atomic E-state index is 13.2. The molecule has 2 aromatic heterocycles. The maximum atomic E-state index is 13.2. The minimum absolute atomic E-state index is 0.129. The Balaban J connectivity index is 1.84. The molecule has 0 amide bonds. The maximum Gasteiger partial charge on any atom is 0.266 e. The normalized spacial score (nSPS) is 11.0. The Morgan fingerprint density at radius 3 is 2.67 bits per heavy atom. The summed E-state index contributed by atoms with van der Waals surface area (Å²) in [5.41, 5.74) is 1.91.